The highest BCUT2D eigenvalue weighted by Gasteiger charge is 2.33. The molecular formula is C7H8F3N3O2. The molecule has 1 rings (SSSR count). The van der Waals surface area contributed by atoms with Gasteiger partial charge >= 0.3 is 12.3 Å². The van der Waals surface area contributed by atoms with Gasteiger partial charge in [0.15, 0.2) is 0 Å². The zero-order chi connectivity index (χ0) is 11.5. The van der Waals surface area contributed by atoms with E-state index in [0.29, 0.717) is 6.20 Å². The third-order valence-electron chi connectivity index (χ3n) is 1.38. The Labute approximate surface area is 82.6 Å². The minimum Gasteiger partial charge on any atom is -0.450 e. The molecule has 0 aliphatic heterocycles. The second-order valence-corrected chi connectivity index (χ2v) is 2.49. The summed E-state index contributed by atoms with van der Waals surface area (Å²) in [6.07, 6.45) is -4.79. The van der Waals surface area contributed by atoms with Crippen LogP contribution in [0.25, 0.3) is 0 Å². The maximum absolute atomic E-state index is 12.1. The van der Waals surface area contributed by atoms with E-state index in [1.165, 1.54) is 0 Å². The summed E-state index contributed by atoms with van der Waals surface area (Å²) in [6, 6.07) is 0. The number of aromatic amines is 1. The maximum Gasteiger partial charge on any atom is 0.432 e. The van der Waals surface area contributed by atoms with Crippen LogP contribution in [-0.2, 0) is 10.9 Å². The quantitative estimate of drug-likeness (QED) is 0.805. The normalized spacial score (nSPS) is 11.2. The molecule has 0 radical (unpaired) electrons. The van der Waals surface area contributed by atoms with E-state index in [1.54, 1.807) is 6.92 Å². The van der Waals surface area contributed by atoms with Crippen LogP contribution in [0.3, 0.4) is 0 Å². The molecule has 0 saturated carbocycles. The van der Waals surface area contributed by atoms with Crippen molar-refractivity contribution in [1.82, 2.24) is 9.97 Å². The number of amides is 1. The number of carbonyl (C=O) groups is 1. The van der Waals surface area contributed by atoms with Gasteiger partial charge in [0.1, 0.15) is 5.69 Å². The van der Waals surface area contributed by atoms with Crippen molar-refractivity contribution in [3.8, 4) is 0 Å². The van der Waals surface area contributed by atoms with Crippen LogP contribution < -0.4 is 5.32 Å². The van der Waals surface area contributed by atoms with Crippen LogP contribution in [0.15, 0.2) is 6.20 Å². The molecule has 15 heavy (non-hydrogen) atoms. The van der Waals surface area contributed by atoms with Crippen LogP contribution in [0.2, 0.25) is 0 Å². The third-order valence-corrected chi connectivity index (χ3v) is 1.38. The average molecular weight is 223 g/mol. The van der Waals surface area contributed by atoms with E-state index in [9.17, 15) is 18.0 Å². The first-order valence-electron chi connectivity index (χ1n) is 3.99. The predicted molar refractivity (Wildman–Crippen MR) is 44.2 cm³/mol. The average Bonchev–Trinajstić information content (AvgIpc) is 2.52. The summed E-state index contributed by atoms with van der Waals surface area (Å²) in [6.45, 7) is 1.70. The molecule has 5 nitrogen and oxygen atoms in total. The zero-order valence-electron chi connectivity index (χ0n) is 7.68. The number of carbonyl (C=O) groups excluding carboxylic acids is 1. The first-order chi connectivity index (χ1) is 6.93. The number of imidazole rings is 1. The van der Waals surface area contributed by atoms with Crippen LogP contribution in [0.5, 0.6) is 0 Å². The second-order valence-electron chi connectivity index (χ2n) is 2.49. The number of rotatable bonds is 2. The first-order valence-corrected chi connectivity index (χ1v) is 3.99. The summed E-state index contributed by atoms with van der Waals surface area (Å²) in [5.74, 6) is -0.305. The maximum atomic E-state index is 12.1. The Balaban J connectivity index is 2.65. The summed E-state index contributed by atoms with van der Waals surface area (Å²) in [7, 11) is 0. The van der Waals surface area contributed by atoms with Gasteiger partial charge in [0.25, 0.3) is 0 Å². The molecule has 1 amide bonds. The van der Waals surface area contributed by atoms with Crippen molar-refractivity contribution in [2.24, 2.45) is 0 Å². The molecular weight excluding hydrogens is 215 g/mol. The van der Waals surface area contributed by atoms with Crippen LogP contribution in [0, 0.1) is 0 Å². The van der Waals surface area contributed by atoms with Crippen molar-refractivity contribution < 1.29 is 22.7 Å². The van der Waals surface area contributed by atoms with Crippen molar-refractivity contribution in [2.75, 3.05) is 11.9 Å². The zero-order valence-corrected chi connectivity index (χ0v) is 7.68. The van der Waals surface area contributed by atoms with E-state index in [-0.39, 0.29) is 12.6 Å². The molecule has 0 aromatic carbocycles. The van der Waals surface area contributed by atoms with Crippen molar-refractivity contribution in [2.45, 2.75) is 13.1 Å². The van der Waals surface area contributed by atoms with Gasteiger partial charge < -0.3 is 9.72 Å². The first kappa shape index (κ1) is 11.3. The number of nitrogens with one attached hydrogen (secondary N) is 2. The lowest BCUT2D eigenvalue weighted by atomic mass is 10.5. The Morgan fingerprint density at radius 1 is 1.67 bits per heavy atom. The summed E-state index contributed by atoms with van der Waals surface area (Å²) >= 11 is 0. The summed E-state index contributed by atoms with van der Waals surface area (Å²) in [4.78, 5) is 16.0. The SMILES string of the molecule is CCOC(=O)Nc1ncc(C(F)(F)F)[nH]1. The van der Waals surface area contributed by atoms with E-state index < -0.39 is 18.0 Å². The number of aromatic nitrogens is 2. The third kappa shape index (κ3) is 3.15. The van der Waals surface area contributed by atoms with E-state index in [0.717, 1.165) is 0 Å². The van der Waals surface area contributed by atoms with Crippen LogP contribution in [0.1, 0.15) is 12.6 Å². The Morgan fingerprint density at radius 3 is 2.80 bits per heavy atom. The summed E-state index contributed by atoms with van der Waals surface area (Å²) in [5.41, 5.74) is -1.03. The fourth-order valence-electron chi connectivity index (χ4n) is 0.793. The molecule has 0 fully saturated rings. The van der Waals surface area contributed by atoms with E-state index in [1.807, 2.05) is 10.3 Å². The molecule has 8 heteroatoms. The van der Waals surface area contributed by atoms with Gasteiger partial charge in [0, 0.05) is 0 Å². The lowest BCUT2D eigenvalue weighted by molar-refractivity contribution is -0.140. The number of H-pyrrole nitrogens is 1. The molecule has 1 aromatic rings. The van der Waals surface area contributed by atoms with Gasteiger partial charge in [-0.05, 0) is 6.92 Å². The largest absolute Gasteiger partial charge is 0.450 e. The molecule has 84 valence electrons. The molecule has 0 bridgehead atoms. The number of hydrogen-bond donors (Lipinski definition) is 2. The Kier molecular flexibility index (Phi) is 3.17. The van der Waals surface area contributed by atoms with Crippen LogP contribution >= 0.6 is 0 Å². The highest BCUT2D eigenvalue weighted by Crippen LogP contribution is 2.27. The van der Waals surface area contributed by atoms with Gasteiger partial charge in [-0.3, -0.25) is 5.32 Å². The smallest absolute Gasteiger partial charge is 0.432 e. The predicted octanol–water partition coefficient (Wildman–Crippen LogP) is 2.00. The van der Waals surface area contributed by atoms with Gasteiger partial charge in [0.2, 0.25) is 5.95 Å². The standard InChI is InChI=1S/C7H8F3N3O2/c1-2-15-6(14)13-5-11-3-4(12-5)7(8,9)10/h3H,2H2,1H3,(H2,11,12,13,14). The van der Waals surface area contributed by atoms with Gasteiger partial charge in [-0.25, -0.2) is 9.78 Å². The van der Waals surface area contributed by atoms with Crippen molar-refractivity contribution in [3.05, 3.63) is 11.9 Å². The van der Waals surface area contributed by atoms with Crippen molar-refractivity contribution in [3.63, 3.8) is 0 Å². The highest BCUT2D eigenvalue weighted by molar-refractivity contribution is 5.82. The van der Waals surface area contributed by atoms with Gasteiger partial charge in [-0.2, -0.15) is 13.2 Å². The second kappa shape index (κ2) is 4.20. The molecule has 2 N–H and O–H groups in total. The Bertz CT molecular complexity index is 347. The summed E-state index contributed by atoms with van der Waals surface area (Å²) in [5, 5.41) is 2.01. The molecule has 0 spiro atoms. The lowest BCUT2D eigenvalue weighted by Crippen LogP contribution is -2.14. The molecule has 0 aliphatic rings. The molecule has 0 saturated heterocycles. The van der Waals surface area contributed by atoms with Gasteiger partial charge in [0.05, 0.1) is 12.8 Å². The minimum atomic E-state index is -4.51. The summed E-state index contributed by atoms with van der Waals surface area (Å²) < 4.78 is 40.7. The molecule has 1 heterocycles. The van der Waals surface area contributed by atoms with E-state index >= 15 is 0 Å². The van der Waals surface area contributed by atoms with Crippen molar-refractivity contribution >= 4 is 12.0 Å². The molecule has 0 unspecified atom stereocenters. The van der Waals surface area contributed by atoms with Crippen molar-refractivity contribution in [1.29, 1.82) is 0 Å². The minimum absolute atomic E-state index is 0.124. The number of ether oxygens (including phenoxy) is 1. The number of hydrogen-bond acceptors (Lipinski definition) is 3. The number of alkyl halides is 3. The van der Waals surface area contributed by atoms with Crippen LogP contribution in [0.4, 0.5) is 23.9 Å². The van der Waals surface area contributed by atoms with E-state index in [4.69, 9.17) is 0 Å². The monoisotopic (exact) mass is 223 g/mol. The number of nitrogens with zero attached hydrogens (tertiary/aromatic N) is 1. The number of anilines is 1. The fraction of sp³-hybridized carbons (Fsp3) is 0.429. The fourth-order valence-corrected chi connectivity index (χ4v) is 0.793. The highest BCUT2D eigenvalue weighted by atomic mass is 19.4. The van der Waals surface area contributed by atoms with Crippen LogP contribution in [-0.4, -0.2) is 22.7 Å². The Hall–Kier alpha value is -1.73. The number of halogens is 3. The van der Waals surface area contributed by atoms with Gasteiger partial charge in [-0.1, -0.05) is 0 Å². The molecule has 0 atom stereocenters. The van der Waals surface area contributed by atoms with E-state index in [2.05, 4.69) is 9.72 Å². The lowest BCUT2D eigenvalue weighted by Gasteiger charge is -2.02. The molecule has 1 aromatic heterocycles. The Morgan fingerprint density at radius 2 is 2.33 bits per heavy atom. The topological polar surface area (TPSA) is 67.0 Å². The van der Waals surface area contributed by atoms with Gasteiger partial charge in [-0.15, -0.1) is 0 Å². The molecule has 0 aliphatic carbocycles.